The van der Waals surface area contributed by atoms with Gasteiger partial charge in [-0.1, -0.05) is 23.8 Å². The zero-order valence-electron chi connectivity index (χ0n) is 10.3. The van der Waals surface area contributed by atoms with Gasteiger partial charge in [-0.15, -0.1) is 0 Å². The number of carbonyl (C=O) groups excluding carboxylic acids is 1. The molecule has 2 N–H and O–H groups in total. The third kappa shape index (κ3) is 3.59. The van der Waals surface area contributed by atoms with Crippen molar-refractivity contribution in [2.24, 2.45) is 5.92 Å². The molecule has 0 saturated heterocycles. The molecule has 0 spiro atoms. The third-order valence-electron chi connectivity index (χ3n) is 2.72. The predicted octanol–water partition coefficient (Wildman–Crippen LogP) is 1.64. The fraction of sp³-hybridized carbons (Fsp3) is 0.385. The van der Waals surface area contributed by atoms with Crippen molar-refractivity contribution >= 4 is 11.9 Å². The van der Waals surface area contributed by atoms with E-state index in [1.807, 2.05) is 32.0 Å². The highest BCUT2D eigenvalue weighted by Crippen LogP contribution is 2.10. The van der Waals surface area contributed by atoms with Crippen LogP contribution in [0.3, 0.4) is 0 Å². The maximum Gasteiger partial charge on any atom is 0.315 e. The topological polar surface area (TPSA) is 66.4 Å². The number of aliphatic carboxylic acids is 1. The number of hydrogen-bond donors (Lipinski definition) is 2. The van der Waals surface area contributed by atoms with Crippen LogP contribution in [0.25, 0.3) is 0 Å². The Morgan fingerprint density at radius 1 is 1.35 bits per heavy atom. The molecule has 0 bridgehead atoms. The zero-order chi connectivity index (χ0) is 13.0. The van der Waals surface area contributed by atoms with E-state index in [0.29, 0.717) is 6.54 Å². The summed E-state index contributed by atoms with van der Waals surface area (Å²) < 4.78 is 0. The second kappa shape index (κ2) is 5.48. The van der Waals surface area contributed by atoms with Crippen molar-refractivity contribution in [1.29, 1.82) is 0 Å². The van der Waals surface area contributed by atoms with Gasteiger partial charge >= 0.3 is 5.97 Å². The van der Waals surface area contributed by atoms with E-state index in [-0.39, 0.29) is 0 Å². The van der Waals surface area contributed by atoms with Crippen molar-refractivity contribution in [2.45, 2.75) is 27.3 Å². The van der Waals surface area contributed by atoms with E-state index in [9.17, 15) is 9.59 Å². The summed E-state index contributed by atoms with van der Waals surface area (Å²) in [5.41, 5.74) is 3.21. The van der Waals surface area contributed by atoms with Gasteiger partial charge in [-0.25, -0.2) is 0 Å². The fourth-order valence-corrected chi connectivity index (χ4v) is 1.44. The zero-order valence-corrected chi connectivity index (χ0v) is 10.3. The average molecular weight is 235 g/mol. The summed E-state index contributed by atoms with van der Waals surface area (Å²) in [4.78, 5) is 22.1. The normalized spacial score (nSPS) is 11.9. The molecule has 17 heavy (non-hydrogen) atoms. The van der Waals surface area contributed by atoms with E-state index < -0.39 is 17.8 Å². The average Bonchev–Trinajstić information content (AvgIpc) is 2.28. The lowest BCUT2D eigenvalue weighted by molar-refractivity contribution is -0.146. The number of amides is 1. The Bertz CT molecular complexity index is 440. The Morgan fingerprint density at radius 2 is 2.00 bits per heavy atom. The van der Waals surface area contributed by atoms with Crippen LogP contribution >= 0.6 is 0 Å². The van der Waals surface area contributed by atoms with Crippen LogP contribution in [0.1, 0.15) is 23.6 Å². The Hall–Kier alpha value is -1.84. The minimum absolute atomic E-state index is 0.365. The maximum absolute atomic E-state index is 11.5. The van der Waals surface area contributed by atoms with Crippen LogP contribution in [0.2, 0.25) is 0 Å². The summed E-state index contributed by atoms with van der Waals surface area (Å²) in [5.74, 6) is -2.58. The second-order valence-corrected chi connectivity index (χ2v) is 4.21. The summed E-state index contributed by atoms with van der Waals surface area (Å²) >= 11 is 0. The molecule has 1 rings (SSSR count). The lowest BCUT2D eigenvalue weighted by Gasteiger charge is -2.10. The smallest absolute Gasteiger partial charge is 0.315 e. The van der Waals surface area contributed by atoms with Gasteiger partial charge in [0.1, 0.15) is 5.92 Å². The van der Waals surface area contributed by atoms with Crippen molar-refractivity contribution < 1.29 is 14.7 Å². The molecule has 0 aliphatic heterocycles. The van der Waals surface area contributed by atoms with Crippen molar-refractivity contribution in [1.82, 2.24) is 5.32 Å². The van der Waals surface area contributed by atoms with Gasteiger partial charge in [0.25, 0.3) is 0 Å². The fourth-order valence-electron chi connectivity index (χ4n) is 1.44. The van der Waals surface area contributed by atoms with Crippen molar-refractivity contribution in [3.63, 3.8) is 0 Å². The largest absolute Gasteiger partial charge is 0.481 e. The molecule has 0 aliphatic carbocycles. The molecule has 1 aromatic carbocycles. The van der Waals surface area contributed by atoms with Crippen LogP contribution in [-0.2, 0) is 16.1 Å². The van der Waals surface area contributed by atoms with E-state index in [4.69, 9.17) is 5.11 Å². The van der Waals surface area contributed by atoms with Crippen LogP contribution in [0, 0.1) is 19.8 Å². The number of benzene rings is 1. The Morgan fingerprint density at radius 3 is 2.59 bits per heavy atom. The van der Waals surface area contributed by atoms with Gasteiger partial charge in [-0.2, -0.15) is 0 Å². The Balaban J connectivity index is 2.64. The van der Waals surface area contributed by atoms with Gasteiger partial charge in [0, 0.05) is 6.54 Å². The van der Waals surface area contributed by atoms with Gasteiger partial charge in [0.15, 0.2) is 0 Å². The Labute approximate surface area is 101 Å². The SMILES string of the molecule is Cc1ccc(C)c(CNC(=O)C(C)C(=O)O)c1. The van der Waals surface area contributed by atoms with Crippen LogP contribution in [-0.4, -0.2) is 17.0 Å². The van der Waals surface area contributed by atoms with Crippen LogP contribution in [0.5, 0.6) is 0 Å². The standard InChI is InChI=1S/C13H17NO3/c1-8-4-5-9(2)11(6-8)7-14-12(15)10(3)13(16)17/h4-6,10H,7H2,1-3H3,(H,14,15)(H,16,17). The first-order chi connectivity index (χ1) is 7.91. The molecule has 0 aromatic heterocycles. The van der Waals surface area contributed by atoms with E-state index in [2.05, 4.69) is 5.32 Å². The summed E-state index contributed by atoms with van der Waals surface area (Å²) in [6, 6.07) is 5.97. The van der Waals surface area contributed by atoms with Crippen LogP contribution in [0.15, 0.2) is 18.2 Å². The third-order valence-corrected chi connectivity index (χ3v) is 2.72. The quantitative estimate of drug-likeness (QED) is 0.780. The summed E-state index contributed by atoms with van der Waals surface area (Å²) in [6.45, 7) is 5.68. The lowest BCUT2D eigenvalue weighted by Crippen LogP contribution is -2.33. The highest BCUT2D eigenvalue weighted by atomic mass is 16.4. The molecular weight excluding hydrogens is 218 g/mol. The first-order valence-corrected chi connectivity index (χ1v) is 5.48. The highest BCUT2D eigenvalue weighted by molar-refractivity contribution is 5.96. The van der Waals surface area contributed by atoms with E-state index >= 15 is 0 Å². The molecule has 1 atom stereocenters. The molecule has 0 heterocycles. The van der Waals surface area contributed by atoms with E-state index in [1.165, 1.54) is 6.92 Å². The van der Waals surface area contributed by atoms with Gasteiger partial charge in [-0.05, 0) is 31.9 Å². The molecule has 0 fully saturated rings. The Kier molecular flexibility index (Phi) is 4.26. The second-order valence-electron chi connectivity index (χ2n) is 4.21. The molecule has 0 saturated carbocycles. The molecule has 1 amide bonds. The van der Waals surface area contributed by atoms with Gasteiger partial charge < -0.3 is 10.4 Å². The molecule has 4 heteroatoms. The van der Waals surface area contributed by atoms with Gasteiger partial charge in [-0.3, -0.25) is 9.59 Å². The first-order valence-electron chi connectivity index (χ1n) is 5.48. The lowest BCUT2D eigenvalue weighted by atomic mass is 10.1. The first kappa shape index (κ1) is 13.2. The number of carboxylic acids is 1. The van der Waals surface area contributed by atoms with Gasteiger partial charge in [0.05, 0.1) is 0 Å². The number of rotatable bonds is 4. The van der Waals surface area contributed by atoms with Crippen LogP contribution < -0.4 is 5.32 Å². The number of hydrogen-bond acceptors (Lipinski definition) is 2. The number of carbonyl (C=O) groups is 2. The van der Waals surface area contributed by atoms with Crippen molar-refractivity contribution in [2.75, 3.05) is 0 Å². The molecule has 1 aromatic rings. The maximum atomic E-state index is 11.5. The van der Waals surface area contributed by atoms with E-state index in [1.54, 1.807) is 0 Å². The van der Waals surface area contributed by atoms with Crippen molar-refractivity contribution in [3.05, 3.63) is 34.9 Å². The number of nitrogens with one attached hydrogen (secondary N) is 1. The minimum Gasteiger partial charge on any atom is -0.481 e. The number of aryl methyl sites for hydroxylation is 2. The van der Waals surface area contributed by atoms with E-state index in [0.717, 1.165) is 16.7 Å². The highest BCUT2D eigenvalue weighted by Gasteiger charge is 2.19. The predicted molar refractivity (Wildman–Crippen MR) is 64.6 cm³/mol. The van der Waals surface area contributed by atoms with Gasteiger partial charge in [0.2, 0.25) is 5.91 Å². The number of carboxylic acid groups (broad SMARTS) is 1. The summed E-state index contributed by atoms with van der Waals surface area (Å²) in [5, 5.41) is 11.3. The summed E-state index contributed by atoms with van der Waals surface area (Å²) in [7, 11) is 0. The molecule has 92 valence electrons. The summed E-state index contributed by atoms with van der Waals surface area (Å²) in [6.07, 6.45) is 0. The van der Waals surface area contributed by atoms with Crippen molar-refractivity contribution in [3.8, 4) is 0 Å². The molecule has 0 aliphatic rings. The molecule has 4 nitrogen and oxygen atoms in total. The molecular formula is C13H17NO3. The van der Waals surface area contributed by atoms with Crippen LogP contribution in [0.4, 0.5) is 0 Å². The molecule has 1 unspecified atom stereocenters. The molecule has 0 radical (unpaired) electrons. The monoisotopic (exact) mass is 235 g/mol. The minimum atomic E-state index is -1.11.